The Labute approximate surface area is 120 Å². The first-order chi connectivity index (χ1) is 9.65. The van der Waals surface area contributed by atoms with Crippen molar-refractivity contribution in [3.8, 4) is 11.8 Å². The molecule has 1 aromatic rings. The fourth-order valence-electron chi connectivity index (χ4n) is 2.01. The highest BCUT2D eigenvalue weighted by molar-refractivity contribution is 5.33. The van der Waals surface area contributed by atoms with Gasteiger partial charge in [0.05, 0.1) is 13.2 Å². The molecule has 0 aliphatic heterocycles. The highest BCUT2D eigenvalue weighted by Crippen LogP contribution is 2.21. The van der Waals surface area contributed by atoms with Gasteiger partial charge in [-0.25, -0.2) is 4.39 Å². The Kier molecular flexibility index (Phi) is 6.99. The summed E-state index contributed by atoms with van der Waals surface area (Å²) in [7, 11) is 1.42. The van der Waals surface area contributed by atoms with Gasteiger partial charge < -0.3 is 9.64 Å². The average Bonchev–Trinajstić information content (AvgIpc) is 2.47. The number of rotatable bonds is 8. The van der Waals surface area contributed by atoms with Crippen LogP contribution in [0.2, 0.25) is 0 Å². The second-order valence-electron chi connectivity index (χ2n) is 4.44. The van der Waals surface area contributed by atoms with Crippen LogP contribution < -0.4 is 10.1 Å². The normalized spacial score (nSPS) is 12.2. The SMILES string of the molecule is CCN(CC)CCNC(C#N)c1ccc(OC)c(F)c1. The van der Waals surface area contributed by atoms with Crippen LogP contribution in [0.1, 0.15) is 25.5 Å². The molecule has 0 saturated heterocycles. The molecule has 1 unspecified atom stereocenters. The molecule has 0 saturated carbocycles. The van der Waals surface area contributed by atoms with Gasteiger partial charge in [0.15, 0.2) is 11.6 Å². The van der Waals surface area contributed by atoms with Crippen LogP contribution in [0.25, 0.3) is 0 Å². The van der Waals surface area contributed by atoms with Crippen molar-refractivity contribution >= 4 is 0 Å². The number of nitrogens with one attached hydrogen (secondary N) is 1. The lowest BCUT2D eigenvalue weighted by molar-refractivity contribution is 0.300. The molecule has 1 N–H and O–H groups in total. The van der Waals surface area contributed by atoms with Gasteiger partial charge >= 0.3 is 0 Å². The first-order valence-electron chi connectivity index (χ1n) is 6.85. The Bertz CT molecular complexity index is 455. The van der Waals surface area contributed by atoms with Gasteiger partial charge in [0.1, 0.15) is 6.04 Å². The fraction of sp³-hybridized carbons (Fsp3) is 0.533. The zero-order chi connectivity index (χ0) is 15.0. The minimum atomic E-state index is -0.508. The molecule has 110 valence electrons. The maximum absolute atomic E-state index is 13.6. The molecule has 1 aromatic carbocycles. The Hall–Kier alpha value is -1.64. The zero-order valence-corrected chi connectivity index (χ0v) is 12.3. The van der Waals surface area contributed by atoms with E-state index in [9.17, 15) is 9.65 Å². The topological polar surface area (TPSA) is 48.3 Å². The summed E-state index contributed by atoms with van der Waals surface area (Å²) in [5.74, 6) is -0.260. The summed E-state index contributed by atoms with van der Waals surface area (Å²) in [6.07, 6.45) is 0. The van der Waals surface area contributed by atoms with E-state index in [2.05, 4.69) is 30.1 Å². The third kappa shape index (κ3) is 4.48. The van der Waals surface area contributed by atoms with Crippen molar-refractivity contribution in [3.63, 3.8) is 0 Å². The summed E-state index contributed by atoms with van der Waals surface area (Å²) >= 11 is 0. The van der Waals surface area contributed by atoms with E-state index in [4.69, 9.17) is 4.74 Å². The summed E-state index contributed by atoms with van der Waals surface area (Å²) in [6, 6.07) is 6.24. The standard InChI is InChI=1S/C15H22FN3O/c1-4-19(5-2)9-8-18-14(11-17)12-6-7-15(20-3)13(16)10-12/h6-7,10,14,18H,4-5,8-9H2,1-3H3. The third-order valence-corrected chi connectivity index (χ3v) is 3.31. The number of nitriles is 1. The van der Waals surface area contributed by atoms with Crippen molar-refractivity contribution in [2.45, 2.75) is 19.9 Å². The van der Waals surface area contributed by atoms with Crippen molar-refractivity contribution in [1.29, 1.82) is 5.26 Å². The molecule has 0 spiro atoms. The van der Waals surface area contributed by atoms with E-state index in [1.807, 2.05) is 0 Å². The quantitative estimate of drug-likeness (QED) is 0.793. The average molecular weight is 279 g/mol. The van der Waals surface area contributed by atoms with Crippen molar-refractivity contribution < 1.29 is 9.13 Å². The molecular weight excluding hydrogens is 257 g/mol. The van der Waals surface area contributed by atoms with Gasteiger partial charge in [-0.3, -0.25) is 5.32 Å². The number of ether oxygens (including phenoxy) is 1. The van der Waals surface area contributed by atoms with Gasteiger partial charge in [-0.15, -0.1) is 0 Å². The fourth-order valence-corrected chi connectivity index (χ4v) is 2.01. The molecule has 0 aromatic heterocycles. The number of likely N-dealkylation sites (N-methyl/N-ethyl adjacent to an activating group) is 1. The van der Waals surface area contributed by atoms with Crippen LogP contribution in [0.5, 0.6) is 5.75 Å². The Morgan fingerprint density at radius 3 is 2.60 bits per heavy atom. The number of nitrogens with zero attached hydrogens (tertiary/aromatic N) is 2. The molecule has 0 aliphatic carbocycles. The lowest BCUT2D eigenvalue weighted by Gasteiger charge is -2.19. The second kappa shape index (κ2) is 8.51. The van der Waals surface area contributed by atoms with E-state index < -0.39 is 11.9 Å². The van der Waals surface area contributed by atoms with Gasteiger partial charge in [-0.2, -0.15) is 5.26 Å². The highest BCUT2D eigenvalue weighted by atomic mass is 19.1. The second-order valence-corrected chi connectivity index (χ2v) is 4.44. The minimum Gasteiger partial charge on any atom is -0.494 e. The maximum Gasteiger partial charge on any atom is 0.165 e. The molecule has 20 heavy (non-hydrogen) atoms. The van der Waals surface area contributed by atoms with Crippen molar-refractivity contribution in [2.24, 2.45) is 0 Å². The molecule has 0 fully saturated rings. The molecule has 0 aliphatic rings. The molecule has 0 radical (unpaired) electrons. The summed E-state index contributed by atoms with van der Waals surface area (Å²) in [4.78, 5) is 2.26. The molecule has 4 nitrogen and oxygen atoms in total. The highest BCUT2D eigenvalue weighted by Gasteiger charge is 2.13. The third-order valence-electron chi connectivity index (χ3n) is 3.31. The lowest BCUT2D eigenvalue weighted by atomic mass is 10.1. The van der Waals surface area contributed by atoms with Gasteiger partial charge in [0, 0.05) is 13.1 Å². The largest absolute Gasteiger partial charge is 0.494 e. The number of benzene rings is 1. The molecule has 5 heteroatoms. The predicted molar refractivity (Wildman–Crippen MR) is 77.1 cm³/mol. The van der Waals surface area contributed by atoms with Crippen LogP contribution in [0.15, 0.2) is 18.2 Å². The summed E-state index contributed by atoms with van der Waals surface area (Å²) in [6.45, 7) is 7.71. The minimum absolute atomic E-state index is 0.189. The van der Waals surface area contributed by atoms with Crippen LogP contribution in [0.4, 0.5) is 4.39 Å². The monoisotopic (exact) mass is 279 g/mol. The van der Waals surface area contributed by atoms with Crippen molar-refractivity contribution in [1.82, 2.24) is 10.2 Å². The number of halogens is 1. The van der Waals surface area contributed by atoms with E-state index in [1.165, 1.54) is 13.2 Å². The van der Waals surface area contributed by atoms with Crippen molar-refractivity contribution in [2.75, 3.05) is 33.3 Å². The van der Waals surface area contributed by atoms with Crippen molar-refractivity contribution in [3.05, 3.63) is 29.6 Å². The van der Waals surface area contributed by atoms with Crippen LogP contribution >= 0.6 is 0 Å². The van der Waals surface area contributed by atoms with E-state index >= 15 is 0 Å². The first kappa shape index (κ1) is 16.4. The van der Waals surface area contributed by atoms with E-state index in [0.29, 0.717) is 12.1 Å². The first-order valence-corrected chi connectivity index (χ1v) is 6.85. The van der Waals surface area contributed by atoms with Crippen LogP contribution in [-0.4, -0.2) is 38.2 Å². The number of methoxy groups -OCH3 is 1. The van der Waals surface area contributed by atoms with Gasteiger partial charge in [-0.05, 0) is 30.8 Å². The van der Waals surface area contributed by atoms with Gasteiger partial charge in [-0.1, -0.05) is 19.9 Å². The Morgan fingerprint density at radius 1 is 1.40 bits per heavy atom. The molecule has 0 heterocycles. The maximum atomic E-state index is 13.6. The van der Waals surface area contributed by atoms with Crippen LogP contribution in [0.3, 0.4) is 0 Å². The Morgan fingerprint density at radius 2 is 2.10 bits per heavy atom. The smallest absolute Gasteiger partial charge is 0.165 e. The predicted octanol–water partition coefficient (Wildman–Crippen LogP) is 2.33. The molecule has 0 amide bonds. The Balaban J connectivity index is 2.63. The van der Waals surface area contributed by atoms with Gasteiger partial charge in [0.2, 0.25) is 0 Å². The summed E-state index contributed by atoms with van der Waals surface area (Å²) in [5, 5.41) is 12.3. The van der Waals surface area contributed by atoms with E-state index in [0.717, 1.165) is 19.6 Å². The summed E-state index contributed by atoms with van der Waals surface area (Å²) in [5.41, 5.74) is 0.616. The lowest BCUT2D eigenvalue weighted by Crippen LogP contribution is -2.33. The van der Waals surface area contributed by atoms with Crippen LogP contribution in [0, 0.1) is 17.1 Å². The molecule has 1 atom stereocenters. The van der Waals surface area contributed by atoms with E-state index in [1.54, 1.807) is 12.1 Å². The van der Waals surface area contributed by atoms with E-state index in [-0.39, 0.29) is 5.75 Å². The van der Waals surface area contributed by atoms with Crippen LogP contribution in [-0.2, 0) is 0 Å². The number of hydrogen-bond donors (Lipinski definition) is 1. The number of hydrogen-bond acceptors (Lipinski definition) is 4. The van der Waals surface area contributed by atoms with Gasteiger partial charge in [0.25, 0.3) is 0 Å². The molecule has 1 rings (SSSR count). The zero-order valence-electron chi connectivity index (χ0n) is 12.3. The molecular formula is C15H22FN3O. The summed E-state index contributed by atoms with van der Waals surface area (Å²) < 4.78 is 18.5. The molecule has 0 bridgehead atoms.